The topological polar surface area (TPSA) is 123 Å². The fourth-order valence-corrected chi connectivity index (χ4v) is 9.59. The van der Waals surface area contributed by atoms with Gasteiger partial charge in [-0.2, -0.15) is 21.3 Å². The molecule has 2 aliphatic heterocycles. The highest BCUT2D eigenvalue weighted by atomic mass is 32.2. The van der Waals surface area contributed by atoms with Crippen molar-refractivity contribution < 1.29 is 25.6 Å². The van der Waals surface area contributed by atoms with Gasteiger partial charge in [-0.1, -0.05) is 0 Å². The Hall–Kier alpha value is -1.94. The summed E-state index contributed by atoms with van der Waals surface area (Å²) < 4.78 is 85.2. The van der Waals surface area contributed by atoms with E-state index in [0.29, 0.717) is 31.6 Å². The number of halogens is 2. The lowest BCUT2D eigenvalue weighted by atomic mass is 10.2. The van der Waals surface area contributed by atoms with Crippen LogP contribution in [-0.4, -0.2) is 108 Å². The van der Waals surface area contributed by atoms with Crippen molar-refractivity contribution in [2.45, 2.75) is 49.6 Å². The molecule has 37 heavy (non-hydrogen) atoms. The molecule has 2 saturated heterocycles. The average molecular weight is 560 g/mol. The second-order valence-corrected chi connectivity index (χ2v) is 14.9. The van der Waals surface area contributed by atoms with E-state index in [2.05, 4.69) is 19.9 Å². The van der Waals surface area contributed by atoms with Crippen molar-refractivity contribution in [1.82, 2.24) is 27.9 Å². The van der Waals surface area contributed by atoms with Crippen molar-refractivity contribution in [3.05, 3.63) is 18.6 Å². The number of nitrogens with zero attached hydrogens (tertiary/aromatic N) is 6. The molecule has 0 radical (unpaired) electrons. The number of rotatable bonds is 8. The third-order valence-corrected chi connectivity index (χ3v) is 12.1. The molecule has 0 bridgehead atoms. The lowest BCUT2D eigenvalue weighted by Gasteiger charge is -2.43. The van der Waals surface area contributed by atoms with E-state index in [0.717, 1.165) is 32.7 Å². The summed E-state index contributed by atoms with van der Waals surface area (Å²) in [5.41, 5.74) is 0.107. The van der Waals surface area contributed by atoms with Gasteiger partial charge in [0.05, 0.1) is 23.2 Å². The molecule has 0 aromatic carbocycles. The summed E-state index contributed by atoms with van der Waals surface area (Å²) in [5.74, 6) is -2.59. The molecule has 15 heteroatoms. The van der Waals surface area contributed by atoms with Gasteiger partial charge >= 0.3 is 0 Å². The van der Waals surface area contributed by atoms with Crippen LogP contribution in [-0.2, 0) is 20.2 Å². The molecular weight excluding hydrogens is 528 g/mol. The molecule has 0 amide bonds. The molecule has 1 spiro atoms. The van der Waals surface area contributed by atoms with Crippen molar-refractivity contribution >= 4 is 37.1 Å². The van der Waals surface area contributed by atoms with Crippen LogP contribution >= 0.6 is 0 Å². The maximum absolute atomic E-state index is 14.4. The maximum atomic E-state index is 14.4. The maximum Gasteiger partial charge on any atom is 0.282 e. The number of H-pyrrole nitrogens is 1. The van der Waals surface area contributed by atoms with Crippen LogP contribution in [0.3, 0.4) is 0 Å². The Morgan fingerprint density at radius 2 is 1.89 bits per heavy atom. The van der Waals surface area contributed by atoms with Crippen LogP contribution in [0.2, 0.25) is 0 Å². The largest absolute Gasteiger partial charge is 0.353 e. The van der Waals surface area contributed by atoms with Crippen LogP contribution in [0.15, 0.2) is 18.6 Å². The Labute approximate surface area is 215 Å². The Kier molecular flexibility index (Phi) is 5.84. The predicted molar refractivity (Wildman–Crippen MR) is 133 cm³/mol. The van der Waals surface area contributed by atoms with E-state index in [1.165, 1.54) is 17.7 Å². The monoisotopic (exact) mass is 559 g/mol. The van der Waals surface area contributed by atoms with E-state index in [-0.39, 0.29) is 24.8 Å². The van der Waals surface area contributed by atoms with Gasteiger partial charge in [0, 0.05) is 51.9 Å². The number of fused-ring (bicyclic) bond motifs is 1. The normalized spacial score (nSPS) is 26.5. The lowest BCUT2D eigenvalue weighted by Crippen LogP contribution is -2.60. The van der Waals surface area contributed by atoms with Gasteiger partial charge in [-0.05, 0) is 37.7 Å². The average Bonchev–Trinajstić information content (AvgIpc) is 3.71. The fraction of sp³-hybridized carbons (Fsp3) is 0.727. The number of aromatic nitrogens is 3. The Morgan fingerprint density at radius 3 is 2.59 bits per heavy atom. The molecule has 2 saturated carbocycles. The van der Waals surface area contributed by atoms with Gasteiger partial charge in [-0.3, -0.25) is 0 Å². The SMILES string of the molecule is CN(CC1CC(F)(F)CN1S(=O)(=O)CC1CC1)S(=O)(=O)N1CCN(c2ncnc3[nH]ccc23)CC12CC2. The Balaban J connectivity index is 1.19. The van der Waals surface area contributed by atoms with Gasteiger partial charge < -0.3 is 9.88 Å². The first kappa shape index (κ1) is 25.3. The third kappa shape index (κ3) is 4.62. The molecule has 11 nitrogen and oxygen atoms in total. The summed E-state index contributed by atoms with van der Waals surface area (Å²) >= 11 is 0. The molecule has 1 N–H and O–H groups in total. The van der Waals surface area contributed by atoms with Crippen molar-refractivity contribution in [1.29, 1.82) is 0 Å². The molecule has 4 aliphatic rings. The number of anilines is 1. The van der Waals surface area contributed by atoms with Crippen LogP contribution < -0.4 is 4.90 Å². The molecule has 4 heterocycles. The lowest BCUT2D eigenvalue weighted by molar-refractivity contribution is 0.0169. The standard InChI is InChI=1S/C22H31F2N7O4S2/c1-28(11-17-10-22(23,24)14-30(17)36(32,33)12-16-2-3-16)37(34,35)31-9-8-29(13-21(31)5-6-21)20-18-4-7-25-19(18)26-15-27-20/h4,7,15-17H,2-3,5-6,8-14H2,1H3,(H,25,26,27). The summed E-state index contributed by atoms with van der Waals surface area (Å²) in [6.45, 7) is -0.118. The van der Waals surface area contributed by atoms with Gasteiger partial charge in [0.1, 0.15) is 17.8 Å². The molecule has 4 fully saturated rings. The predicted octanol–water partition coefficient (Wildman–Crippen LogP) is 1.24. The van der Waals surface area contributed by atoms with Crippen molar-refractivity contribution in [2.24, 2.45) is 5.92 Å². The summed E-state index contributed by atoms with van der Waals surface area (Å²) in [4.78, 5) is 13.8. The van der Waals surface area contributed by atoms with E-state index in [4.69, 9.17) is 0 Å². The van der Waals surface area contributed by atoms with E-state index in [9.17, 15) is 25.6 Å². The second-order valence-electron chi connectivity index (χ2n) is 10.9. The number of likely N-dealkylation sites (N-methyl/N-ethyl adjacent to an activating group) is 1. The fourth-order valence-electron chi connectivity index (χ4n) is 5.75. The summed E-state index contributed by atoms with van der Waals surface area (Å²) in [6.07, 6.45) is 5.50. The van der Waals surface area contributed by atoms with Crippen molar-refractivity contribution in [2.75, 3.05) is 50.4 Å². The van der Waals surface area contributed by atoms with Crippen LogP contribution in [0.25, 0.3) is 11.0 Å². The zero-order valence-electron chi connectivity index (χ0n) is 20.6. The summed E-state index contributed by atoms with van der Waals surface area (Å²) in [7, 11) is -6.56. The number of sulfonamides is 1. The quantitative estimate of drug-likeness (QED) is 0.516. The molecule has 2 aromatic rings. The highest BCUT2D eigenvalue weighted by molar-refractivity contribution is 7.89. The first-order valence-electron chi connectivity index (χ1n) is 12.5. The van der Waals surface area contributed by atoms with E-state index in [1.54, 1.807) is 6.20 Å². The van der Waals surface area contributed by atoms with Gasteiger partial charge in [-0.25, -0.2) is 27.2 Å². The number of hydrogen-bond acceptors (Lipinski definition) is 7. The minimum absolute atomic E-state index is 0.00902. The number of piperazine rings is 1. The molecule has 2 aliphatic carbocycles. The number of aromatic amines is 1. The molecule has 1 atom stereocenters. The highest BCUT2D eigenvalue weighted by Gasteiger charge is 2.58. The van der Waals surface area contributed by atoms with Crippen LogP contribution in [0.1, 0.15) is 32.1 Å². The van der Waals surface area contributed by atoms with Crippen LogP contribution in [0, 0.1) is 5.92 Å². The third-order valence-electron chi connectivity index (χ3n) is 8.02. The minimum Gasteiger partial charge on any atom is -0.353 e. The second kappa shape index (κ2) is 8.53. The Morgan fingerprint density at radius 1 is 1.14 bits per heavy atom. The van der Waals surface area contributed by atoms with E-state index in [1.807, 2.05) is 6.07 Å². The van der Waals surface area contributed by atoms with Crippen molar-refractivity contribution in [3.8, 4) is 0 Å². The molecular formula is C22H31F2N7O4S2. The molecule has 204 valence electrons. The van der Waals surface area contributed by atoms with Crippen LogP contribution in [0.5, 0.6) is 0 Å². The van der Waals surface area contributed by atoms with Crippen LogP contribution in [0.4, 0.5) is 14.6 Å². The highest BCUT2D eigenvalue weighted by Crippen LogP contribution is 2.47. The number of hydrogen-bond donors (Lipinski definition) is 1. The number of alkyl halides is 2. The smallest absolute Gasteiger partial charge is 0.282 e. The first-order valence-corrected chi connectivity index (χ1v) is 15.6. The van der Waals surface area contributed by atoms with Gasteiger partial charge in [0.2, 0.25) is 10.0 Å². The van der Waals surface area contributed by atoms with Crippen molar-refractivity contribution in [3.63, 3.8) is 0 Å². The molecule has 6 rings (SSSR count). The van der Waals surface area contributed by atoms with Gasteiger partial charge in [-0.15, -0.1) is 0 Å². The Bertz CT molecular complexity index is 1410. The van der Waals surface area contributed by atoms with E-state index >= 15 is 0 Å². The summed E-state index contributed by atoms with van der Waals surface area (Å²) in [6, 6.07) is 0.791. The molecule has 1 unspecified atom stereocenters. The van der Waals surface area contributed by atoms with E-state index < -0.39 is 50.7 Å². The number of nitrogens with one attached hydrogen (secondary N) is 1. The molecule has 2 aromatic heterocycles. The zero-order chi connectivity index (χ0) is 26.2. The minimum atomic E-state index is -4.01. The first-order chi connectivity index (χ1) is 17.4. The zero-order valence-corrected chi connectivity index (χ0v) is 22.2. The summed E-state index contributed by atoms with van der Waals surface area (Å²) in [5, 5.41) is 0.862. The van der Waals surface area contributed by atoms with Gasteiger partial charge in [0.15, 0.2) is 0 Å². The van der Waals surface area contributed by atoms with Gasteiger partial charge in [0.25, 0.3) is 16.1 Å².